The van der Waals surface area contributed by atoms with E-state index in [2.05, 4.69) is 11.8 Å². The molecule has 1 heterocycles. The third-order valence-corrected chi connectivity index (χ3v) is 2.77. The van der Waals surface area contributed by atoms with Gasteiger partial charge in [-0.15, -0.1) is 0 Å². The summed E-state index contributed by atoms with van der Waals surface area (Å²) in [6, 6.07) is 0.366. The van der Waals surface area contributed by atoms with Gasteiger partial charge in [-0.3, -0.25) is 4.90 Å². The predicted octanol–water partition coefficient (Wildman–Crippen LogP) is -0.160. The summed E-state index contributed by atoms with van der Waals surface area (Å²) >= 11 is 0. The molecule has 0 bridgehead atoms. The highest BCUT2D eigenvalue weighted by atomic mass is 16.5. The third-order valence-electron chi connectivity index (χ3n) is 2.77. The van der Waals surface area contributed by atoms with Gasteiger partial charge in [0.25, 0.3) is 0 Å². The fraction of sp³-hybridized carbons (Fsp3) is 1.00. The minimum atomic E-state index is 0.145. The summed E-state index contributed by atoms with van der Waals surface area (Å²) in [4.78, 5) is 2.10. The summed E-state index contributed by atoms with van der Waals surface area (Å²) in [5, 5.41) is 17.8. The Morgan fingerprint density at radius 2 is 1.86 bits per heavy atom. The lowest BCUT2D eigenvalue weighted by molar-refractivity contribution is -0.0340. The summed E-state index contributed by atoms with van der Waals surface area (Å²) < 4.78 is 5.56. The molecule has 0 spiro atoms. The van der Waals surface area contributed by atoms with Crippen molar-refractivity contribution < 1.29 is 14.9 Å². The SMILES string of the molecule is CC1CCC(N(CCO)CCO)CO1. The Morgan fingerprint density at radius 3 is 2.29 bits per heavy atom. The van der Waals surface area contributed by atoms with Gasteiger partial charge in [-0.2, -0.15) is 0 Å². The average molecular weight is 203 g/mol. The van der Waals surface area contributed by atoms with Gasteiger partial charge in [-0.1, -0.05) is 0 Å². The second kappa shape index (κ2) is 6.35. The molecule has 0 aromatic carbocycles. The smallest absolute Gasteiger partial charge is 0.0625 e. The Morgan fingerprint density at radius 1 is 1.21 bits per heavy atom. The molecule has 2 atom stereocenters. The number of ether oxygens (including phenoxy) is 1. The first-order chi connectivity index (χ1) is 6.77. The quantitative estimate of drug-likeness (QED) is 0.652. The molecular weight excluding hydrogens is 182 g/mol. The molecule has 0 amide bonds. The fourth-order valence-electron chi connectivity index (χ4n) is 1.89. The molecule has 1 saturated heterocycles. The van der Waals surface area contributed by atoms with Gasteiger partial charge in [0.2, 0.25) is 0 Å². The van der Waals surface area contributed by atoms with E-state index in [1.54, 1.807) is 0 Å². The van der Waals surface area contributed by atoms with Crippen LogP contribution in [0.1, 0.15) is 19.8 Å². The first kappa shape index (κ1) is 11.9. The van der Waals surface area contributed by atoms with Crippen LogP contribution in [-0.2, 0) is 4.74 Å². The van der Waals surface area contributed by atoms with Crippen molar-refractivity contribution >= 4 is 0 Å². The van der Waals surface area contributed by atoms with Crippen LogP contribution in [0.3, 0.4) is 0 Å². The molecule has 1 aliphatic rings. The van der Waals surface area contributed by atoms with Crippen molar-refractivity contribution in [1.29, 1.82) is 0 Å². The molecule has 0 radical (unpaired) electrons. The first-order valence-corrected chi connectivity index (χ1v) is 5.35. The van der Waals surface area contributed by atoms with E-state index in [4.69, 9.17) is 14.9 Å². The highest BCUT2D eigenvalue weighted by molar-refractivity contribution is 4.76. The summed E-state index contributed by atoms with van der Waals surface area (Å²) in [5.74, 6) is 0. The number of hydrogen-bond donors (Lipinski definition) is 2. The monoisotopic (exact) mass is 203 g/mol. The van der Waals surface area contributed by atoms with Gasteiger partial charge in [0.05, 0.1) is 25.9 Å². The molecular formula is C10H21NO3. The largest absolute Gasteiger partial charge is 0.395 e. The van der Waals surface area contributed by atoms with Crippen LogP contribution < -0.4 is 0 Å². The lowest BCUT2D eigenvalue weighted by Gasteiger charge is -2.35. The van der Waals surface area contributed by atoms with Crippen molar-refractivity contribution in [3.05, 3.63) is 0 Å². The van der Waals surface area contributed by atoms with E-state index in [-0.39, 0.29) is 13.2 Å². The van der Waals surface area contributed by atoms with Crippen LogP contribution in [0.5, 0.6) is 0 Å². The Balaban J connectivity index is 2.34. The summed E-state index contributed by atoms with van der Waals surface area (Å²) in [5.41, 5.74) is 0. The van der Waals surface area contributed by atoms with Gasteiger partial charge in [-0.05, 0) is 19.8 Å². The van der Waals surface area contributed by atoms with Crippen molar-refractivity contribution in [1.82, 2.24) is 4.90 Å². The average Bonchev–Trinajstić information content (AvgIpc) is 2.19. The van der Waals surface area contributed by atoms with Crippen LogP contribution in [0.25, 0.3) is 0 Å². The van der Waals surface area contributed by atoms with Crippen LogP contribution in [-0.4, -0.2) is 60.2 Å². The standard InChI is InChI=1S/C10H21NO3/c1-9-2-3-10(8-14-9)11(4-6-12)5-7-13/h9-10,12-13H,2-8H2,1H3. The molecule has 2 unspecified atom stereocenters. The van der Waals surface area contributed by atoms with E-state index in [1.165, 1.54) is 0 Å². The Hall–Kier alpha value is -0.160. The van der Waals surface area contributed by atoms with Crippen LogP contribution in [0.4, 0.5) is 0 Å². The lowest BCUT2D eigenvalue weighted by Crippen LogP contribution is -2.45. The molecule has 4 heteroatoms. The highest BCUT2D eigenvalue weighted by Crippen LogP contribution is 2.17. The van der Waals surface area contributed by atoms with Crippen molar-refractivity contribution in [2.24, 2.45) is 0 Å². The van der Waals surface area contributed by atoms with Crippen LogP contribution in [0.2, 0.25) is 0 Å². The number of rotatable bonds is 5. The molecule has 1 rings (SSSR count). The maximum absolute atomic E-state index is 8.88. The predicted molar refractivity (Wildman–Crippen MR) is 54.2 cm³/mol. The molecule has 14 heavy (non-hydrogen) atoms. The first-order valence-electron chi connectivity index (χ1n) is 5.35. The third kappa shape index (κ3) is 3.53. The Kier molecular flexibility index (Phi) is 5.40. The van der Waals surface area contributed by atoms with Crippen LogP contribution >= 0.6 is 0 Å². The summed E-state index contributed by atoms with van der Waals surface area (Å²) in [7, 11) is 0. The Bertz CT molecular complexity index is 140. The zero-order chi connectivity index (χ0) is 10.4. The summed E-state index contributed by atoms with van der Waals surface area (Å²) in [6.45, 7) is 4.35. The van der Waals surface area contributed by atoms with Crippen molar-refractivity contribution in [2.45, 2.75) is 31.9 Å². The van der Waals surface area contributed by atoms with Crippen LogP contribution in [0, 0.1) is 0 Å². The molecule has 2 N–H and O–H groups in total. The summed E-state index contributed by atoms with van der Waals surface area (Å²) in [6.07, 6.45) is 2.52. The maximum Gasteiger partial charge on any atom is 0.0625 e. The van der Waals surface area contributed by atoms with E-state index in [0.717, 1.165) is 19.4 Å². The second-order valence-electron chi connectivity index (χ2n) is 3.86. The molecule has 1 aliphatic heterocycles. The molecule has 84 valence electrons. The number of nitrogens with zero attached hydrogens (tertiary/aromatic N) is 1. The van der Waals surface area contributed by atoms with E-state index in [9.17, 15) is 0 Å². The van der Waals surface area contributed by atoms with E-state index >= 15 is 0 Å². The number of aliphatic hydroxyl groups is 2. The van der Waals surface area contributed by atoms with Crippen molar-refractivity contribution in [2.75, 3.05) is 32.9 Å². The lowest BCUT2D eigenvalue weighted by atomic mass is 10.0. The van der Waals surface area contributed by atoms with Gasteiger partial charge in [0, 0.05) is 19.1 Å². The van der Waals surface area contributed by atoms with Gasteiger partial charge in [-0.25, -0.2) is 0 Å². The number of aliphatic hydroxyl groups excluding tert-OH is 2. The molecule has 0 aromatic rings. The van der Waals surface area contributed by atoms with Gasteiger partial charge in [0.15, 0.2) is 0 Å². The molecule has 0 aromatic heterocycles. The van der Waals surface area contributed by atoms with Gasteiger partial charge >= 0.3 is 0 Å². The van der Waals surface area contributed by atoms with E-state index in [0.29, 0.717) is 25.2 Å². The molecule has 4 nitrogen and oxygen atoms in total. The normalized spacial score (nSPS) is 28.3. The van der Waals surface area contributed by atoms with E-state index < -0.39 is 0 Å². The molecule has 1 fully saturated rings. The van der Waals surface area contributed by atoms with Crippen molar-refractivity contribution in [3.8, 4) is 0 Å². The minimum absolute atomic E-state index is 0.145. The van der Waals surface area contributed by atoms with Crippen molar-refractivity contribution in [3.63, 3.8) is 0 Å². The zero-order valence-electron chi connectivity index (χ0n) is 8.85. The number of hydrogen-bond acceptors (Lipinski definition) is 4. The maximum atomic E-state index is 8.88. The van der Waals surface area contributed by atoms with E-state index in [1.807, 2.05) is 0 Å². The molecule has 0 aliphatic carbocycles. The highest BCUT2D eigenvalue weighted by Gasteiger charge is 2.23. The topological polar surface area (TPSA) is 52.9 Å². The minimum Gasteiger partial charge on any atom is -0.395 e. The van der Waals surface area contributed by atoms with Crippen LogP contribution in [0.15, 0.2) is 0 Å². The fourth-order valence-corrected chi connectivity index (χ4v) is 1.89. The second-order valence-corrected chi connectivity index (χ2v) is 3.86. The van der Waals surface area contributed by atoms with Gasteiger partial charge in [0.1, 0.15) is 0 Å². The Labute approximate surface area is 85.5 Å². The van der Waals surface area contributed by atoms with Gasteiger partial charge < -0.3 is 14.9 Å². The molecule has 0 saturated carbocycles. The zero-order valence-corrected chi connectivity index (χ0v) is 8.85.